The molecule has 1 aromatic rings. The maximum Gasteiger partial charge on any atom is 0.248 e. The Morgan fingerprint density at radius 2 is 1.88 bits per heavy atom. The van der Waals surface area contributed by atoms with Gasteiger partial charge in [0.15, 0.2) is 0 Å². The molecule has 2 amide bonds. The fraction of sp³-hybridized carbons (Fsp3) is 0.765. The summed E-state index contributed by atoms with van der Waals surface area (Å²) in [6.45, 7) is 1.80. The van der Waals surface area contributed by atoms with Crippen LogP contribution in [0.15, 0.2) is 6.33 Å². The molecule has 2 aliphatic rings. The zero-order valence-electron chi connectivity index (χ0n) is 15.1. The van der Waals surface area contributed by atoms with Gasteiger partial charge >= 0.3 is 0 Å². The fourth-order valence-electron chi connectivity index (χ4n) is 3.72. The monoisotopic (exact) mass is 384 g/mol. The van der Waals surface area contributed by atoms with Crippen molar-refractivity contribution >= 4 is 30.2 Å². The Hall–Kier alpha value is -1.67. The van der Waals surface area contributed by atoms with Gasteiger partial charge in [-0.3, -0.25) is 14.9 Å². The molecule has 146 valence electrons. The first-order valence-corrected chi connectivity index (χ1v) is 9.34. The smallest absolute Gasteiger partial charge is 0.248 e. The summed E-state index contributed by atoms with van der Waals surface area (Å²) in [4.78, 5) is 30.4. The van der Waals surface area contributed by atoms with Crippen LogP contribution in [-0.4, -0.2) is 50.6 Å². The van der Waals surface area contributed by atoms with E-state index in [9.17, 15) is 9.59 Å². The van der Waals surface area contributed by atoms with E-state index in [1.807, 2.05) is 4.90 Å². The normalized spacial score (nSPS) is 23.2. The van der Waals surface area contributed by atoms with Crippen molar-refractivity contribution in [3.63, 3.8) is 0 Å². The second-order valence-corrected chi connectivity index (χ2v) is 7.17. The van der Waals surface area contributed by atoms with Crippen molar-refractivity contribution in [3.05, 3.63) is 6.33 Å². The van der Waals surface area contributed by atoms with Gasteiger partial charge in [-0.25, -0.2) is 9.67 Å². The van der Waals surface area contributed by atoms with Gasteiger partial charge in [-0.2, -0.15) is 0 Å². The molecular formula is C17H29ClN6O2. The molecule has 0 spiro atoms. The predicted octanol–water partition coefficient (Wildman–Crippen LogP) is 1.56. The number of hydrogen-bond donors (Lipinski definition) is 2. The van der Waals surface area contributed by atoms with Crippen LogP contribution in [0.25, 0.3) is 0 Å². The van der Waals surface area contributed by atoms with E-state index in [1.165, 1.54) is 23.9 Å². The maximum absolute atomic E-state index is 12.4. The van der Waals surface area contributed by atoms with E-state index in [0.717, 1.165) is 45.2 Å². The van der Waals surface area contributed by atoms with Crippen LogP contribution in [-0.2, 0) is 16.1 Å². The van der Waals surface area contributed by atoms with Crippen LogP contribution in [0.3, 0.4) is 0 Å². The van der Waals surface area contributed by atoms with Crippen molar-refractivity contribution < 1.29 is 9.59 Å². The number of amides is 2. The van der Waals surface area contributed by atoms with Gasteiger partial charge in [-0.05, 0) is 31.6 Å². The lowest BCUT2D eigenvalue weighted by Gasteiger charge is -2.19. The molecule has 0 unspecified atom stereocenters. The largest absolute Gasteiger partial charge is 0.341 e. The first kappa shape index (κ1) is 20.6. The Kier molecular flexibility index (Phi) is 7.84. The molecule has 0 radical (unpaired) electrons. The van der Waals surface area contributed by atoms with Gasteiger partial charge in [-0.1, -0.05) is 19.3 Å². The average Bonchev–Trinajstić information content (AvgIpc) is 3.07. The fourth-order valence-corrected chi connectivity index (χ4v) is 3.72. The second kappa shape index (κ2) is 9.87. The Morgan fingerprint density at radius 3 is 2.54 bits per heavy atom. The van der Waals surface area contributed by atoms with Crippen LogP contribution in [0, 0.1) is 5.92 Å². The molecule has 0 aromatic carbocycles. The molecule has 1 saturated carbocycles. The Morgan fingerprint density at radius 1 is 1.15 bits per heavy atom. The SMILES string of the molecule is Cl.N[C@@H]1CCC[C@H]1CC(=O)Nc1ncn(CC(=O)N2CCCCCC2)n1. The minimum atomic E-state index is -0.112. The summed E-state index contributed by atoms with van der Waals surface area (Å²) in [7, 11) is 0. The number of carbonyl (C=O) groups is 2. The molecule has 3 rings (SSSR count). The standard InChI is InChI=1S/C17H28N6O2.ClH/c18-14-7-5-6-13(14)10-15(24)20-17-19-12-23(21-17)11-16(25)22-8-3-1-2-4-9-22;/h12-14H,1-11,18H2,(H,20,21,24);1H/t13-,14+;/m0./s1. The third kappa shape index (κ3) is 5.67. The molecule has 8 nitrogen and oxygen atoms in total. The number of halogens is 1. The number of nitrogens with zero attached hydrogens (tertiary/aromatic N) is 4. The van der Waals surface area contributed by atoms with Crippen LogP contribution in [0.2, 0.25) is 0 Å². The highest BCUT2D eigenvalue weighted by Gasteiger charge is 2.26. The lowest BCUT2D eigenvalue weighted by molar-refractivity contribution is -0.132. The van der Waals surface area contributed by atoms with Crippen LogP contribution in [0.1, 0.15) is 51.4 Å². The molecule has 1 aromatic heterocycles. The molecular weight excluding hydrogens is 356 g/mol. The van der Waals surface area contributed by atoms with Crippen molar-refractivity contribution in [2.75, 3.05) is 18.4 Å². The minimum absolute atomic E-state index is 0. The van der Waals surface area contributed by atoms with E-state index < -0.39 is 0 Å². The minimum Gasteiger partial charge on any atom is -0.341 e. The van der Waals surface area contributed by atoms with Gasteiger partial charge in [-0.15, -0.1) is 17.5 Å². The van der Waals surface area contributed by atoms with Gasteiger partial charge in [0, 0.05) is 25.6 Å². The van der Waals surface area contributed by atoms with Gasteiger partial charge in [0.1, 0.15) is 12.9 Å². The Labute approximate surface area is 160 Å². The first-order chi connectivity index (χ1) is 12.1. The lowest BCUT2D eigenvalue weighted by atomic mass is 10.00. The lowest BCUT2D eigenvalue weighted by Crippen LogP contribution is -2.34. The Bertz CT molecular complexity index is 600. The second-order valence-electron chi connectivity index (χ2n) is 7.17. The molecule has 9 heteroatoms. The van der Waals surface area contributed by atoms with Gasteiger partial charge in [0.2, 0.25) is 17.8 Å². The summed E-state index contributed by atoms with van der Waals surface area (Å²) in [6, 6.07) is 0.113. The molecule has 2 fully saturated rings. The first-order valence-electron chi connectivity index (χ1n) is 9.34. The summed E-state index contributed by atoms with van der Waals surface area (Å²) >= 11 is 0. The number of anilines is 1. The number of hydrogen-bond acceptors (Lipinski definition) is 5. The van der Waals surface area contributed by atoms with Crippen LogP contribution < -0.4 is 11.1 Å². The molecule has 2 atom stereocenters. The topological polar surface area (TPSA) is 106 Å². The number of nitrogens with two attached hydrogens (primary N) is 1. The molecule has 3 N–H and O–H groups in total. The third-order valence-electron chi connectivity index (χ3n) is 5.21. The number of nitrogens with one attached hydrogen (secondary N) is 1. The molecule has 26 heavy (non-hydrogen) atoms. The van der Waals surface area contributed by atoms with E-state index in [2.05, 4.69) is 15.4 Å². The number of likely N-dealkylation sites (tertiary alicyclic amines) is 1. The van der Waals surface area contributed by atoms with Crippen molar-refractivity contribution in [1.29, 1.82) is 0 Å². The predicted molar refractivity (Wildman–Crippen MR) is 101 cm³/mol. The van der Waals surface area contributed by atoms with Crippen LogP contribution in [0.4, 0.5) is 5.95 Å². The number of aromatic nitrogens is 3. The summed E-state index contributed by atoms with van der Waals surface area (Å²) in [5.74, 6) is 0.437. The zero-order chi connectivity index (χ0) is 17.6. The quantitative estimate of drug-likeness (QED) is 0.801. The van der Waals surface area contributed by atoms with Gasteiger partial charge in [0.25, 0.3) is 0 Å². The molecule has 0 bridgehead atoms. The van der Waals surface area contributed by atoms with Crippen LogP contribution in [0.5, 0.6) is 0 Å². The summed E-state index contributed by atoms with van der Waals surface area (Å²) in [5.41, 5.74) is 6.00. The molecule has 1 aliphatic carbocycles. The van der Waals surface area contributed by atoms with Crippen molar-refractivity contribution in [3.8, 4) is 0 Å². The van der Waals surface area contributed by atoms with E-state index in [1.54, 1.807) is 0 Å². The van der Waals surface area contributed by atoms with E-state index >= 15 is 0 Å². The number of rotatable bonds is 5. The van der Waals surface area contributed by atoms with E-state index in [-0.39, 0.29) is 48.7 Å². The molecule has 1 aliphatic heterocycles. The summed E-state index contributed by atoms with van der Waals surface area (Å²) in [6.07, 6.45) is 9.48. The Balaban J connectivity index is 0.00000243. The van der Waals surface area contributed by atoms with Gasteiger partial charge < -0.3 is 10.6 Å². The number of carbonyl (C=O) groups excluding carboxylic acids is 2. The highest BCUT2D eigenvalue weighted by Crippen LogP contribution is 2.26. The highest BCUT2D eigenvalue weighted by molar-refractivity contribution is 5.89. The third-order valence-corrected chi connectivity index (χ3v) is 5.21. The van der Waals surface area contributed by atoms with Crippen molar-refractivity contribution in [2.45, 2.75) is 64.0 Å². The maximum atomic E-state index is 12.4. The molecule has 2 heterocycles. The van der Waals surface area contributed by atoms with Gasteiger partial charge in [0.05, 0.1) is 0 Å². The van der Waals surface area contributed by atoms with Crippen LogP contribution >= 0.6 is 12.4 Å². The van der Waals surface area contributed by atoms with Crippen molar-refractivity contribution in [2.24, 2.45) is 11.7 Å². The van der Waals surface area contributed by atoms with E-state index in [0.29, 0.717) is 6.42 Å². The zero-order valence-corrected chi connectivity index (χ0v) is 15.9. The highest BCUT2D eigenvalue weighted by atomic mass is 35.5. The molecule has 1 saturated heterocycles. The summed E-state index contributed by atoms with van der Waals surface area (Å²) < 4.78 is 1.49. The average molecular weight is 385 g/mol. The van der Waals surface area contributed by atoms with Crippen molar-refractivity contribution in [1.82, 2.24) is 19.7 Å². The summed E-state index contributed by atoms with van der Waals surface area (Å²) in [5, 5.41) is 6.91. The van der Waals surface area contributed by atoms with E-state index in [4.69, 9.17) is 5.73 Å².